The van der Waals surface area contributed by atoms with Gasteiger partial charge in [0.1, 0.15) is 0 Å². The Hall–Kier alpha value is -1.71. The minimum atomic E-state index is -0.0272. The van der Waals surface area contributed by atoms with Crippen LogP contribution in [-0.4, -0.2) is 23.9 Å². The third kappa shape index (κ3) is 4.63. The van der Waals surface area contributed by atoms with E-state index < -0.39 is 0 Å². The van der Waals surface area contributed by atoms with E-state index in [1.807, 2.05) is 38.2 Å². The Balaban J connectivity index is 0.00000264. The van der Waals surface area contributed by atoms with Crippen LogP contribution >= 0.6 is 24.0 Å². The number of rotatable bonds is 4. The molecule has 0 bridgehead atoms. The monoisotopic (exact) mass is 352 g/mol. The molecule has 0 aliphatic rings. The van der Waals surface area contributed by atoms with Crippen molar-refractivity contribution in [1.29, 1.82) is 0 Å². The summed E-state index contributed by atoms with van der Waals surface area (Å²) in [6.07, 6.45) is 0. The van der Waals surface area contributed by atoms with Gasteiger partial charge in [-0.05, 0) is 42.8 Å². The van der Waals surface area contributed by atoms with E-state index in [0.29, 0.717) is 16.3 Å². The number of halogens is 2. The van der Waals surface area contributed by atoms with Gasteiger partial charge in [0.15, 0.2) is 0 Å². The molecule has 2 atom stereocenters. The van der Waals surface area contributed by atoms with Gasteiger partial charge in [-0.25, -0.2) is 0 Å². The van der Waals surface area contributed by atoms with Gasteiger partial charge in [-0.1, -0.05) is 36.7 Å². The number of anilines is 1. The van der Waals surface area contributed by atoms with Crippen LogP contribution in [0.5, 0.6) is 0 Å². The number of nitrogens with zero attached hydrogens (tertiary/aromatic N) is 1. The Morgan fingerprint density at radius 1 is 1.13 bits per heavy atom. The molecule has 0 aliphatic carbocycles. The second-order valence-corrected chi connectivity index (χ2v) is 6.06. The quantitative estimate of drug-likeness (QED) is 0.816. The lowest BCUT2D eigenvalue weighted by Crippen LogP contribution is -2.38. The van der Waals surface area contributed by atoms with E-state index in [1.165, 1.54) is 0 Å². The lowest BCUT2D eigenvalue weighted by atomic mass is 9.93. The maximum absolute atomic E-state index is 12.6. The predicted molar refractivity (Wildman–Crippen MR) is 99.5 cm³/mol. The average Bonchev–Trinajstić information content (AvgIpc) is 2.52. The molecular formula is C18H22Cl2N2O. The molecule has 5 heteroatoms. The minimum absolute atomic E-state index is 0. The van der Waals surface area contributed by atoms with Gasteiger partial charge in [0, 0.05) is 35.3 Å². The van der Waals surface area contributed by atoms with Gasteiger partial charge in [-0.3, -0.25) is 4.79 Å². The Labute approximate surface area is 148 Å². The molecule has 0 aromatic heterocycles. The number of hydrogen-bond donors (Lipinski definition) is 1. The largest absolute Gasteiger partial charge is 0.399 e. The predicted octanol–water partition coefficient (Wildman–Crippen LogP) is 4.61. The first-order chi connectivity index (χ1) is 10.4. The summed E-state index contributed by atoms with van der Waals surface area (Å²) in [6, 6.07) is 14.9. The van der Waals surface area contributed by atoms with E-state index in [4.69, 9.17) is 17.3 Å². The molecule has 23 heavy (non-hydrogen) atoms. The Morgan fingerprint density at radius 3 is 2.30 bits per heavy atom. The van der Waals surface area contributed by atoms with E-state index in [2.05, 4.69) is 6.92 Å². The van der Waals surface area contributed by atoms with Crippen LogP contribution in [0.25, 0.3) is 0 Å². The highest BCUT2D eigenvalue weighted by Crippen LogP contribution is 2.25. The summed E-state index contributed by atoms with van der Waals surface area (Å²) < 4.78 is 0. The summed E-state index contributed by atoms with van der Waals surface area (Å²) in [5.41, 5.74) is 8.12. The fourth-order valence-electron chi connectivity index (χ4n) is 2.44. The molecule has 0 saturated heterocycles. The van der Waals surface area contributed by atoms with Crippen molar-refractivity contribution in [2.75, 3.05) is 12.8 Å². The Morgan fingerprint density at radius 2 is 1.74 bits per heavy atom. The Kier molecular flexibility index (Phi) is 6.92. The van der Waals surface area contributed by atoms with E-state index in [1.54, 1.807) is 29.2 Å². The number of nitrogen functional groups attached to an aromatic ring is 1. The fraction of sp³-hybridized carbons (Fsp3) is 0.278. The van der Waals surface area contributed by atoms with Crippen molar-refractivity contribution in [3.05, 3.63) is 64.7 Å². The normalized spacial score (nSPS) is 12.9. The molecule has 2 unspecified atom stereocenters. The molecule has 0 radical (unpaired) electrons. The molecule has 2 aromatic carbocycles. The zero-order valence-corrected chi connectivity index (χ0v) is 15.1. The molecule has 2 N–H and O–H groups in total. The van der Waals surface area contributed by atoms with Crippen molar-refractivity contribution in [2.45, 2.75) is 25.8 Å². The molecule has 124 valence electrons. The first-order valence-electron chi connectivity index (χ1n) is 7.28. The van der Waals surface area contributed by atoms with Gasteiger partial charge in [0.2, 0.25) is 0 Å². The van der Waals surface area contributed by atoms with Crippen LogP contribution in [-0.2, 0) is 0 Å². The summed E-state index contributed by atoms with van der Waals surface area (Å²) in [5.74, 6) is 0.174. The van der Waals surface area contributed by atoms with E-state index in [0.717, 1.165) is 5.56 Å². The summed E-state index contributed by atoms with van der Waals surface area (Å²) >= 11 is 5.93. The number of carbonyl (C=O) groups is 1. The fourth-order valence-corrected chi connectivity index (χ4v) is 2.57. The minimum Gasteiger partial charge on any atom is -0.399 e. The van der Waals surface area contributed by atoms with Gasteiger partial charge in [0.05, 0.1) is 0 Å². The summed E-state index contributed by atoms with van der Waals surface area (Å²) in [4.78, 5) is 14.3. The van der Waals surface area contributed by atoms with Crippen LogP contribution in [0.3, 0.4) is 0 Å². The smallest absolute Gasteiger partial charge is 0.253 e. The van der Waals surface area contributed by atoms with Gasteiger partial charge in [0.25, 0.3) is 5.91 Å². The molecule has 2 aromatic rings. The Bertz CT molecular complexity index is 658. The first-order valence-corrected chi connectivity index (χ1v) is 7.66. The van der Waals surface area contributed by atoms with Gasteiger partial charge >= 0.3 is 0 Å². The maximum Gasteiger partial charge on any atom is 0.253 e. The number of likely N-dealkylation sites (N-methyl/N-ethyl adjacent to an activating group) is 1. The van der Waals surface area contributed by atoms with E-state index in [-0.39, 0.29) is 30.3 Å². The molecule has 3 nitrogen and oxygen atoms in total. The zero-order valence-electron chi connectivity index (χ0n) is 13.5. The number of carbonyl (C=O) groups excluding carboxylic acids is 1. The standard InChI is InChI=1S/C18H21ClN2O.ClH/c1-12(14-7-9-16(19)10-8-14)13(2)21(3)18(22)15-5-4-6-17(20)11-15;/h4-13H,20H2,1-3H3;1H. The summed E-state index contributed by atoms with van der Waals surface area (Å²) in [6.45, 7) is 4.15. The topological polar surface area (TPSA) is 46.3 Å². The van der Waals surface area contributed by atoms with Crippen molar-refractivity contribution >= 4 is 35.6 Å². The van der Waals surface area contributed by atoms with Crippen molar-refractivity contribution in [1.82, 2.24) is 4.90 Å². The maximum atomic E-state index is 12.6. The molecule has 0 aliphatic heterocycles. The zero-order chi connectivity index (χ0) is 16.3. The summed E-state index contributed by atoms with van der Waals surface area (Å²) in [7, 11) is 1.82. The molecule has 1 amide bonds. The van der Waals surface area contributed by atoms with E-state index >= 15 is 0 Å². The van der Waals surface area contributed by atoms with Crippen LogP contribution in [0.2, 0.25) is 5.02 Å². The van der Waals surface area contributed by atoms with E-state index in [9.17, 15) is 4.79 Å². The molecular weight excluding hydrogens is 331 g/mol. The van der Waals surface area contributed by atoms with Crippen LogP contribution in [0.4, 0.5) is 5.69 Å². The van der Waals surface area contributed by atoms with Crippen LogP contribution in [0.15, 0.2) is 48.5 Å². The molecule has 0 spiro atoms. The molecule has 0 saturated carbocycles. The number of amides is 1. The van der Waals surface area contributed by atoms with Gasteiger partial charge in [-0.15, -0.1) is 12.4 Å². The number of nitrogens with two attached hydrogens (primary N) is 1. The van der Waals surface area contributed by atoms with Crippen LogP contribution < -0.4 is 5.73 Å². The first kappa shape index (κ1) is 19.3. The molecule has 0 fully saturated rings. The third-order valence-electron chi connectivity index (χ3n) is 4.18. The second-order valence-electron chi connectivity index (χ2n) is 5.62. The van der Waals surface area contributed by atoms with Gasteiger partial charge < -0.3 is 10.6 Å². The molecule has 2 rings (SSSR count). The highest BCUT2D eigenvalue weighted by Gasteiger charge is 2.23. The van der Waals surface area contributed by atoms with Crippen molar-refractivity contribution < 1.29 is 4.79 Å². The lowest BCUT2D eigenvalue weighted by Gasteiger charge is -2.30. The van der Waals surface area contributed by atoms with Crippen molar-refractivity contribution in [3.63, 3.8) is 0 Å². The number of benzene rings is 2. The second kappa shape index (κ2) is 8.23. The summed E-state index contributed by atoms with van der Waals surface area (Å²) in [5, 5.41) is 0.716. The van der Waals surface area contributed by atoms with Gasteiger partial charge in [-0.2, -0.15) is 0 Å². The highest BCUT2D eigenvalue weighted by atomic mass is 35.5. The average molecular weight is 353 g/mol. The van der Waals surface area contributed by atoms with Crippen molar-refractivity contribution in [2.24, 2.45) is 0 Å². The number of hydrogen-bond acceptors (Lipinski definition) is 2. The van der Waals surface area contributed by atoms with Crippen LogP contribution in [0.1, 0.15) is 35.7 Å². The highest BCUT2D eigenvalue weighted by molar-refractivity contribution is 6.30. The van der Waals surface area contributed by atoms with Crippen molar-refractivity contribution in [3.8, 4) is 0 Å². The SMILES string of the molecule is CC(c1ccc(Cl)cc1)C(C)N(C)C(=O)c1cccc(N)c1.Cl. The van der Waals surface area contributed by atoms with Crippen LogP contribution in [0, 0.1) is 0 Å². The third-order valence-corrected chi connectivity index (χ3v) is 4.44. The molecule has 0 heterocycles. The lowest BCUT2D eigenvalue weighted by molar-refractivity contribution is 0.0726.